The average molecular weight is 657 g/mol. The molecule has 12 heteroatoms. The van der Waals surface area contributed by atoms with Crippen LogP contribution in [0.2, 0.25) is 0 Å². The number of carbonyl (C=O) groups is 1. The predicted octanol–water partition coefficient (Wildman–Crippen LogP) is 6.25. The molecular weight excluding hydrogens is 611 g/mol. The molecule has 5 aliphatic heterocycles. The van der Waals surface area contributed by atoms with Gasteiger partial charge in [-0.15, -0.1) is 0 Å². The Balaban J connectivity index is 0.00000165. The third kappa shape index (κ3) is 5.32. The number of rotatable bonds is 3. The number of H-pyrrole nitrogens is 1. The van der Waals surface area contributed by atoms with E-state index in [0.29, 0.717) is 43.4 Å². The Morgan fingerprint density at radius 3 is 2.75 bits per heavy atom. The molecule has 4 aromatic rings. The van der Waals surface area contributed by atoms with Gasteiger partial charge in [0.05, 0.1) is 29.2 Å². The third-order valence-corrected chi connectivity index (χ3v) is 11.2. The Hall–Kier alpha value is -4.06. The summed E-state index contributed by atoms with van der Waals surface area (Å²) in [6.45, 7) is 10.3. The lowest BCUT2D eigenvalue weighted by molar-refractivity contribution is 0.108. The predicted molar refractivity (Wildman–Crippen MR) is 182 cm³/mol. The van der Waals surface area contributed by atoms with Crippen molar-refractivity contribution in [3.05, 3.63) is 35.4 Å². The molecule has 1 aliphatic carbocycles. The lowest BCUT2D eigenvalue weighted by atomic mass is 9.91. The Bertz CT molecular complexity index is 1850. The van der Waals surface area contributed by atoms with Gasteiger partial charge in [0.1, 0.15) is 23.6 Å². The van der Waals surface area contributed by atoms with Crippen LogP contribution in [0.5, 0.6) is 6.01 Å². The van der Waals surface area contributed by atoms with Crippen molar-refractivity contribution in [3.8, 4) is 17.3 Å². The van der Waals surface area contributed by atoms with Crippen LogP contribution < -0.4 is 15.0 Å². The van der Waals surface area contributed by atoms with Crippen LogP contribution in [0.3, 0.4) is 0 Å². The standard InChI is InChI=1S/C34H39FN8O3.C2H6/c1-19-13-25-23(16-37-41-25)27-26(19)22-14-20(22)6-12-45-33(44)38-21-5-2-9-42(17-21)31-24-15-36-30(27)28(35)29(24)39-32(40-31)46-18-34-7-3-10-43(34)11-4-8-34;1-2/h13,15-16,20-22H,2-12,14,17-18H2,1H3,(H,37,41)(H,38,44);1-2H3. The van der Waals surface area contributed by atoms with Crippen molar-refractivity contribution in [2.45, 2.75) is 89.6 Å². The number of aryl methyl sites for hydroxylation is 1. The van der Waals surface area contributed by atoms with Crippen molar-refractivity contribution >= 4 is 33.7 Å². The van der Waals surface area contributed by atoms with E-state index in [1.54, 1.807) is 12.4 Å². The highest BCUT2D eigenvalue weighted by molar-refractivity contribution is 6.00. The number of pyridine rings is 1. The van der Waals surface area contributed by atoms with Gasteiger partial charge in [-0.25, -0.2) is 9.18 Å². The first-order valence-corrected chi connectivity index (χ1v) is 17.9. The van der Waals surface area contributed by atoms with E-state index < -0.39 is 11.9 Å². The summed E-state index contributed by atoms with van der Waals surface area (Å²) < 4.78 is 29.3. The molecule has 10 rings (SSSR count). The molecule has 6 aliphatic rings. The SMILES string of the molecule is CC.Cc1cc2[nH]ncc2c2c1C1CC1CCOC(=O)NC1CCCN(C1)c1nc(OCC34CCCN3CCC4)nc3c(F)c-2ncc13. The highest BCUT2D eigenvalue weighted by Crippen LogP contribution is 2.54. The molecule has 3 atom stereocenters. The van der Waals surface area contributed by atoms with Crippen molar-refractivity contribution in [1.82, 2.24) is 35.4 Å². The third-order valence-electron chi connectivity index (χ3n) is 11.2. The highest BCUT2D eigenvalue weighted by Gasteiger charge is 2.45. The van der Waals surface area contributed by atoms with Crippen LogP contribution in [0.4, 0.5) is 15.0 Å². The molecule has 1 amide bonds. The van der Waals surface area contributed by atoms with Crippen molar-refractivity contribution in [2.24, 2.45) is 5.92 Å². The number of aromatic nitrogens is 5. The highest BCUT2D eigenvalue weighted by atomic mass is 19.1. The number of benzene rings is 1. The zero-order valence-electron chi connectivity index (χ0n) is 28.1. The molecule has 3 unspecified atom stereocenters. The van der Waals surface area contributed by atoms with Crippen molar-refractivity contribution < 1.29 is 18.7 Å². The molecule has 48 heavy (non-hydrogen) atoms. The van der Waals surface area contributed by atoms with Crippen LogP contribution in [0, 0.1) is 18.7 Å². The number of fused-ring (bicyclic) bond motifs is 7. The van der Waals surface area contributed by atoms with Gasteiger partial charge < -0.3 is 19.7 Å². The summed E-state index contributed by atoms with van der Waals surface area (Å²) in [6, 6.07) is 2.14. The molecule has 4 fully saturated rings. The normalized spacial score (nSPS) is 24.7. The second-order valence-corrected chi connectivity index (χ2v) is 14.0. The first-order chi connectivity index (χ1) is 23.5. The molecule has 2 N–H and O–H groups in total. The minimum atomic E-state index is -0.478. The molecule has 1 saturated carbocycles. The number of nitrogens with zero attached hydrogens (tertiary/aromatic N) is 6. The van der Waals surface area contributed by atoms with E-state index in [4.69, 9.17) is 24.4 Å². The van der Waals surface area contributed by atoms with E-state index in [0.717, 1.165) is 92.0 Å². The van der Waals surface area contributed by atoms with Gasteiger partial charge in [-0.2, -0.15) is 15.1 Å². The number of nitrogens with one attached hydrogen (secondary N) is 2. The Kier molecular flexibility index (Phi) is 8.09. The van der Waals surface area contributed by atoms with E-state index in [1.165, 1.54) is 0 Å². The molecule has 3 aromatic heterocycles. The van der Waals surface area contributed by atoms with Crippen LogP contribution in [0.15, 0.2) is 18.5 Å². The lowest BCUT2D eigenvalue weighted by Gasteiger charge is -2.34. The number of alkyl carbamates (subject to hydrolysis) is 1. The van der Waals surface area contributed by atoms with Crippen LogP contribution in [-0.2, 0) is 4.74 Å². The minimum Gasteiger partial charge on any atom is -0.461 e. The van der Waals surface area contributed by atoms with Gasteiger partial charge in [0.15, 0.2) is 5.82 Å². The number of hydrogen-bond acceptors (Lipinski definition) is 9. The molecular formula is C36H45FN8O3. The zero-order valence-corrected chi connectivity index (χ0v) is 28.1. The van der Waals surface area contributed by atoms with E-state index >= 15 is 4.39 Å². The van der Waals surface area contributed by atoms with Crippen LogP contribution >= 0.6 is 0 Å². The van der Waals surface area contributed by atoms with Gasteiger partial charge in [0.25, 0.3) is 0 Å². The maximum atomic E-state index is 17.2. The fourth-order valence-electron chi connectivity index (χ4n) is 8.86. The average Bonchev–Trinajstić information content (AvgIpc) is 3.37. The summed E-state index contributed by atoms with van der Waals surface area (Å²) in [5.41, 5.74) is 4.19. The van der Waals surface area contributed by atoms with Gasteiger partial charge in [-0.3, -0.25) is 15.0 Å². The Morgan fingerprint density at radius 2 is 1.92 bits per heavy atom. The fraction of sp³-hybridized carbons (Fsp3) is 0.583. The molecule has 11 nitrogen and oxygen atoms in total. The van der Waals surface area contributed by atoms with E-state index in [-0.39, 0.29) is 34.7 Å². The van der Waals surface area contributed by atoms with E-state index in [1.807, 2.05) is 13.8 Å². The van der Waals surface area contributed by atoms with Crippen molar-refractivity contribution in [2.75, 3.05) is 44.3 Å². The number of piperidine rings is 1. The van der Waals surface area contributed by atoms with Gasteiger partial charge >= 0.3 is 12.1 Å². The van der Waals surface area contributed by atoms with Gasteiger partial charge in [0.2, 0.25) is 0 Å². The second kappa shape index (κ2) is 12.4. The quantitative estimate of drug-likeness (QED) is 0.264. The molecule has 6 bridgehead atoms. The summed E-state index contributed by atoms with van der Waals surface area (Å²) in [6.07, 6.45) is 10.9. The topological polar surface area (TPSA) is 121 Å². The number of aromatic amines is 1. The van der Waals surface area contributed by atoms with Crippen LogP contribution in [-0.4, -0.2) is 87.1 Å². The summed E-state index contributed by atoms with van der Waals surface area (Å²) >= 11 is 0. The Morgan fingerprint density at radius 1 is 1.08 bits per heavy atom. The van der Waals surface area contributed by atoms with E-state index in [2.05, 4.69) is 38.3 Å². The molecule has 1 aromatic carbocycles. The molecule has 3 saturated heterocycles. The minimum absolute atomic E-state index is 0.00262. The smallest absolute Gasteiger partial charge is 0.407 e. The van der Waals surface area contributed by atoms with Crippen molar-refractivity contribution in [3.63, 3.8) is 0 Å². The van der Waals surface area contributed by atoms with Gasteiger partial charge in [0, 0.05) is 36.3 Å². The summed E-state index contributed by atoms with van der Waals surface area (Å²) in [5, 5.41) is 11.8. The fourth-order valence-corrected chi connectivity index (χ4v) is 8.86. The van der Waals surface area contributed by atoms with Gasteiger partial charge in [-0.1, -0.05) is 13.8 Å². The number of hydrogen-bond donors (Lipinski definition) is 2. The maximum Gasteiger partial charge on any atom is 0.407 e. The summed E-state index contributed by atoms with van der Waals surface area (Å²) in [7, 11) is 0. The maximum absolute atomic E-state index is 17.2. The monoisotopic (exact) mass is 656 g/mol. The van der Waals surface area contributed by atoms with Crippen molar-refractivity contribution in [1.29, 1.82) is 0 Å². The number of ether oxygens (including phenoxy) is 2. The Labute approximate surface area is 280 Å². The van der Waals surface area contributed by atoms with Gasteiger partial charge in [-0.05, 0) is 100 Å². The number of amides is 1. The van der Waals surface area contributed by atoms with Crippen LogP contribution in [0.25, 0.3) is 33.1 Å². The number of halogens is 1. The molecule has 0 radical (unpaired) electrons. The molecule has 8 heterocycles. The lowest BCUT2D eigenvalue weighted by Crippen LogP contribution is -2.48. The molecule has 0 spiro atoms. The second-order valence-electron chi connectivity index (χ2n) is 14.0. The van der Waals surface area contributed by atoms with E-state index in [9.17, 15) is 4.79 Å². The summed E-state index contributed by atoms with van der Waals surface area (Å²) in [5.74, 6) is 0.639. The number of carbonyl (C=O) groups excluding carboxylic acids is 1. The number of anilines is 1. The molecule has 254 valence electrons. The van der Waals surface area contributed by atoms with Crippen LogP contribution in [0.1, 0.15) is 82.3 Å². The summed E-state index contributed by atoms with van der Waals surface area (Å²) in [4.78, 5) is 32.0. The first-order valence-electron chi connectivity index (χ1n) is 17.9. The largest absolute Gasteiger partial charge is 0.461 e. The zero-order chi connectivity index (χ0) is 33.0. The first kappa shape index (κ1) is 31.2.